The van der Waals surface area contributed by atoms with Crippen LogP contribution in [0.5, 0.6) is 5.75 Å². The average molecular weight is 355 g/mol. The molecule has 4 nitrogen and oxygen atoms in total. The molecule has 116 valence electrons. The molecule has 1 saturated carbocycles. The largest absolute Gasteiger partial charge is 0.484 e. The minimum absolute atomic E-state index is 0.0465. The van der Waals surface area contributed by atoms with E-state index in [1.54, 1.807) is 0 Å². The Morgan fingerprint density at radius 1 is 1.38 bits per heavy atom. The van der Waals surface area contributed by atoms with Crippen molar-refractivity contribution in [1.29, 1.82) is 0 Å². The Balaban J connectivity index is 1.89. The first-order valence-corrected chi connectivity index (χ1v) is 8.08. The Morgan fingerprint density at radius 2 is 2.10 bits per heavy atom. The second kappa shape index (κ2) is 6.79. The summed E-state index contributed by atoms with van der Waals surface area (Å²) in [5.41, 5.74) is 1.17. The molecule has 0 radical (unpaired) electrons. The summed E-state index contributed by atoms with van der Waals surface area (Å²) in [5.74, 6) is 0.671. The molecule has 21 heavy (non-hydrogen) atoms. The lowest BCUT2D eigenvalue weighted by Gasteiger charge is -2.21. The predicted molar refractivity (Wildman–Crippen MR) is 87.4 cm³/mol. The minimum atomic E-state index is -0.0465. The molecule has 0 spiro atoms. The van der Waals surface area contributed by atoms with Crippen LogP contribution in [0.15, 0.2) is 22.7 Å². The highest BCUT2D eigenvalue weighted by atomic mass is 79.9. The standard InChI is InChI=1S/C16H23BrN2O2/c1-16(2,3)18-9-11-8-13(6-7-14(11)17)21-10-15(20)19-12-4-5-12/h6-8,12,18H,4-5,9-10H2,1-3H3,(H,19,20). The Labute approximate surface area is 134 Å². The first-order chi connectivity index (χ1) is 9.83. The maximum atomic E-state index is 11.6. The van der Waals surface area contributed by atoms with Crippen molar-refractivity contribution < 1.29 is 9.53 Å². The maximum absolute atomic E-state index is 11.6. The molecule has 0 unspecified atom stereocenters. The van der Waals surface area contributed by atoms with E-state index in [4.69, 9.17) is 4.74 Å². The molecule has 0 aromatic heterocycles. The van der Waals surface area contributed by atoms with E-state index in [2.05, 4.69) is 47.3 Å². The number of carbonyl (C=O) groups is 1. The molecule has 1 aliphatic rings. The Bertz CT molecular complexity index is 507. The minimum Gasteiger partial charge on any atom is -0.484 e. The maximum Gasteiger partial charge on any atom is 0.258 e. The summed E-state index contributed by atoms with van der Waals surface area (Å²) in [5, 5.41) is 6.35. The van der Waals surface area contributed by atoms with Gasteiger partial charge >= 0.3 is 0 Å². The number of amides is 1. The van der Waals surface area contributed by atoms with Gasteiger partial charge in [-0.3, -0.25) is 4.79 Å². The third kappa shape index (κ3) is 6.06. The molecular weight excluding hydrogens is 332 g/mol. The summed E-state index contributed by atoms with van der Waals surface area (Å²) in [7, 11) is 0. The molecule has 2 rings (SSSR count). The smallest absolute Gasteiger partial charge is 0.258 e. The summed E-state index contributed by atoms with van der Waals surface area (Å²) in [4.78, 5) is 11.6. The van der Waals surface area contributed by atoms with E-state index in [1.165, 1.54) is 0 Å². The molecule has 1 aromatic rings. The molecule has 1 aliphatic carbocycles. The van der Waals surface area contributed by atoms with Gasteiger partial charge in [-0.2, -0.15) is 0 Å². The van der Waals surface area contributed by atoms with E-state index < -0.39 is 0 Å². The second-order valence-corrected chi connectivity index (χ2v) is 7.34. The average Bonchev–Trinajstić information content (AvgIpc) is 3.19. The van der Waals surface area contributed by atoms with Gasteiger partial charge in [0.1, 0.15) is 5.75 Å². The van der Waals surface area contributed by atoms with E-state index in [0.717, 1.165) is 35.2 Å². The number of ether oxygens (including phenoxy) is 1. The lowest BCUT2D eigenvalue weighted by atomic mass is 10.1. The number of carbonyl (C=O) groups excluding carboxylic acids is 1. The van der Waals surface area contributed by atoms with Crippen LogP contribution in [-0.4, -0.2) is 24.1 Å². The van der Waals surface area contributed by atoms with Crippen molar-refractivity contribution in [2.24, 2.45) is 0 Å². The molecule has 1 aromatic carbocycles. The highest BCUT2D eigenvalue weighted by molar-refractivity contribution is 9.10. The Morgan fingerprint density at radius 3 is 2.71 bits per heavy atom. The molecule has 0 saturated heterocycles. The third-order valence-electron chi connectivity index (χ3n) is 3.14. The van der Waals surface area contributed by atoms with Crippen LogP contribution in [0.25, 0.3) is 0 Å². The van der Waals surface area contributed by atoms with Crippen LogP contribution >= 0.6 is 15.9 Å². The van der Waals surface area contributed by atoms with E-state index in [0.29, 0.717) is 6.04 Å². The van der Waals surface area contributed by atoms with Gasteiger partial charge in [-0.05, 0) is 57.4 Å². The molecule has 5 heteroatoms. The van der Waals surface area contributed by atoms with Crippen molar-refractivity contribution in [1.82, 2.24) is 10.6 Å². The molecule has 0 heterocycles. The quantitative estimate of drug-likeness (QED) is 0.825. The third-order valence-corrected chi connectivity index (χ3v) is 3.91. The number of hydrogen-bond acceptors (Lipinski definition) is 3. The fourth-order valence-corrected chi connectivity index (χ4v) is 2.17. The SMILES string of the molecule is CC(C)(C)NCc1cc(OCC(=O)NC2CC2)ccc1Br. The van der Waals surface area contributed by atoms with Gasteiger partial charge < -0.3 is 15.4 Å². The predicted octanol–water partition coefficient (Wildman–Crippen LogP) is 2.99. The van der Waals surface area contributed by atoms with Crippen LogP contribution in [0.2, 0.25) is 0 Å². The lowest BCUT2D eigenvalue weighted by Crippen LogP contribution is -2.35. The zero-order valence-electron chi connectivity index (χ0n) is 12.8. The first-order valence-electron chi connectivity index (χ1n) is 7.29. The number of nitrogens with one attached hydrogen (secondary N) is 2. The molecule has 1 fully saturated rings. The van der Waals surface area contributed by atoms with Crippen LogP contribution in [-0.2, 0) is 11.3 Å². The van der Waals surface area contributed by atoms with E-state index in [9.17, 15) is 4.79 Å². The van der Waals surface area contributed by atoms with Crippen LogP contribution in [0.1, 0.15) is 39.2 Å². The van der Waals surface area contributed by atoms with Crippen LogP contribution in [0.3, 0.4) is 0 Å². The normalized spacial score (nSPS) is 14.9. The number of rotatable bonds is 6. The monoisotopic (exact) mass is 354 g/mol. The van der Waals surface area contributed by atoms with Gasteiger partial charge in [0, 0.05) is 22.6 Å². The summed E-state index contributed by atoms with van der Waals surface area (Å²) in [6.45, 7) is 7.20. The van der Waals surface area contributed by atoms with Gasteiger partial charge in [0.05, 0.1) is 0 Å². The van der Waals surface area contributed by atoms with Gasteiger partial charge in [-0.1, -0.05) is 15.9 Å². The van der Waals surface area contributed by atoms with Crippen LogP contribution in [0, 0.1) is 0 Å². The summed E-state index contributed by atoms with van der Waals surface area (Å²) in [6, 6.07) is 6.16. The van der Waals surface area contributed by atoms with Crippen molar-refractivity contribution >= 4 is 21.8 Å². The second-order valence-electron chi connectivity index (χ2n) is 6.49. The number of halogens is 1. The van der Waals surface area contributed by atoms with Crippen molar-refractivity contribution in [2.75, 3.05) is 6.61 Å². The molecule has 0 atom stereocenters. The lowest BCUT2D eigenvalue weighted by molar-refractivity contribution is -0.123. The number of benzene rings is 1. The van der Waals surface area contributed by atoms with Crippen molar-refractivity contribution in [2.45, 2.75) is 51.7 Å². The molecular formula is C16H23BrN2O2. The Hall–Kier alpha value is -1.07. The van der Waals surface area contributed by atoms with Crippen LogP contribution in [0.4, 0.5) is 0 Å². The van der Waals surface area contributed by atoms with Gasteiger partial charge in [0.2, 0.25) is 0 Å². The summed E-state index contributed by atoms with van der Waals surface area (Å²) >= 11 is 3.54. The van der Waals surface area contributed by atoms with Gasteiger partial charge in [0.15, 0.2) is 6.61 Å². The fraction of sp³-hybridized carbons (Fsp3) is 0.562. The Kier molecular flexibility index (Phi) is 5.27. The highest BCUT2D eigenvalue weighted by Crippen LogP contribution is 2.23. The first kappa shape index (κ1) is 16.3. The van der Waals surface area contributed by atoms with Gasteiger partial charge in [-0.25, -0.2) is 0 Å². The summed E-state index contributed by atoms with van der Waals surface area (Å²) < 4.78 is 6.60. The topological polar surface area (TPSA) is 50.4 Å². The number of hydrogen-bond donors (Lipinski definition) is 2. The fourth-order valence-electron chi connectivity index (χ4n) is 1.78. The van der Waals surface area contributed by atoms with Gasteiger partial charge in [0.25, 0.3) is 5.91 Å². The van der Waals surface area contributed by atoms with E-state index >= 15 is 0 Å². The zero-order chi connectivity index (χ0) is 15.5. The zero-order valence-corrected chi connectivity index (χ0v) is 14.4. The molecule has 1 amide bonds. The summed E-state index contributed by atoms with van der Waals surface area (Å²) in [6.07, 6.45) is 2.18. The van der Waals surface area contributed by atoms with E-state index in [-0.39, 0.29) is 18.1 Å². The highest BCUT2D eigenvalue weighted by Gasteiger charge is 2.23. The molecule has 0 aliphatic heterocycles. The molecule has 0 bridgehead atoms. The van der Waals surface area contributed by atoms with Crippen molar-refractivity contribution in [3.05, 3.63) is 28.2 Å². The van der Waals surface area contributed by atoms with Gasteiger partial charge in [-0.15, -0.1) is 0 Å². The van der Waals surface area contributed by atoms with Crippen LogP contribution < -0.4 is 15.4 Å². The molecule has 2 N–H and O–H groups in total. The van der Waals surface area contributed by atoms with Crippen molar-refractivity contribution in [3.63, 3.8) is 0 Å². The van der Waals surface area contributed by atoms with Crippen molar-refractivity contribution in [3.8, 4) is 5.75 Å². The van der Waals surface area contributed by atoms with E-state index in [1.807, 2.05) is 18.2 Å².